The van der Waals surface area contributed by atoms with Gasteiger partial charge in [0.25, 0.3) is 5.91 Å². The number of rotatable bonds is 12. The number of ether oxygens (including phenoxy) is 3. The van der Waals surface area contributed by atoms with Crippen LogP contribution in [0.25, 0.3) is 0 Å². The number of nitrogens with zero attached hydrogens (tertiary/aromatic N) is 5. The standard InChI is InChI=1S/C30H35F3N8O5/c1-44-12-11-34-26(42)24-15-36-25(16-35-24)41(29(43)38-13-19-5-3-2-4-6-19)21-9-7-20(8-10-21)39-28-37-14-23(30(31,32)33)27(40-28)46-22-17-45-18-22/h2-6,14-16,20-22H,7-13,17-18H2,1H3,(H,34,42)(H,38,43)(H,37,39,40). The van der Waals surface area contributed by atoms with Crippen molar-refractivity contribution >= 4 is 23.7 Å². The number of aromatic nitrogens is 4. The van der Waals surface area contributed by atoms with Gasteiger partial charge in [0.15, 0.2) is 5.82 Å². The van der Waals surface area contributed by atoms with E-state index < -0.39 is 29.6 Å². The molecule has 0 unspecified atom stereocenters. The Balaban J connectivity index is 1.26. The fourth-order valence-corrected chi connectivity index (χ4v) is 5.06. The highest BCUT2D eigenvalue weighted by Crippen LogP contribution is 2.36. The molecule has 5 rings (SSSR count). The minimum Gasteiger partial charge on any atom is -0.469 e. The quantitative estimate of drug-likeness (QED) is 0.250. The Bertz CT molecular complexity index is 1450. The zero-order valence-electron chi connectivity index (χ0n) is 25.1. The number of methoxy groups -OCH3 is 1. The van der Waals surface area contributed by atoms with Crippen LogP contribution < -0.4 is 25.6 Å². The Morgan fingerprint density at radius 1 is 1.00 bits per heavy atom. The van der Waals surface area contributed by atoms with Crippen LogP contribution in [0.4, 0.5) is 29.7 Å². The molecule has 2 aromatic heterocycles. The molecule has 2 fully saturated rings. The van der Waals surface area contributed by atoms with Crippen LogP contribution in [0, 0.1) is 0 Å². The largest absolute Gasteiger partial charge is 0.469 e. The van der Waals surface area contributed by atoms with Crippen molar-refractivity contribution in [2.24, 2.45) is 0 Å². The maximum Gasteiger partial charge on any atom is 0.423 e. The number of alkyl halides is 3. The first-order valence-corrected chi connectivity index (χ1v) is 14.9. The van der Waals surface area contributed by atoms with E-state index in [-0.39, 0.29) is 48.8 Å². The number of hydrogen-bond donors (Lipinski definition) is 3. The molecule has 1 saturated carbocycles. The van der Waals surface area contributed by atoms with Crippen LogP contribution in [0.15, 0.2) is 48.9 Å². The third-order valence-electron chi connectivity index (χ3n) is 7.55. The summed E-state index contributed by atoms with van der Waals surface area (Å²) < 4.78 is 56.0. The molecular formula is C30H35F3N8O5. The highest BCUT2D eigenvalue weighted by atomic mass is 19.4. The molecule has 46 heavy (non-hydrogen) atoms. The van der Waals surface area contributed by atoms with Crippen molar-refractivity contribution in [2.75, 3.05) is 43.7 Å². The Kier molecular flexibility index (Phi) is 10.8. The molecule has 0 radical (unpaired) electrons. The Labute approximate surface area is 263 Å². The van der Waals surface area contributed by atoms with Crippen molar-refractivity contribution in [3.63, 3.8) is 0 Å². The molecule has 0 spiro atoms. The summed E-state index contributed by atoms with van der Waals surface area (Å²) in [5, 5.41) is 8.75. The van der Waals surface area contributed by atoms with E-state index in [2.05, 4.69) is 35.9 Å². The normalized spacial score (nSPS) is 18.3. The number of benzene rings is 1. The van der Waals surface area contributed by atoms with Gasteiger partial charge < -0.3 is 30.2 Å². The SMILES string of the molecule is COCCNC(=O)c1cnc(N(C(=O)NCc2ccccc2)C2CCC(Nc3ncc(C(F)(F)F)c(OC4COC4)n3)CC2)cn1. The van der Waals surface area contributed by atoms with Crippen LogP contribution in [-0.4, -0.2) is 83.5 Å². The number of halogens is 3. The molecule has 13 nitrogen and oxygen atoms in total. The van der Waals surface area contributed by atoms with E-state index in [0.29, 0.717) is 45.4 Å². The van der Waals surface area contributed by atoms with Gasteiger partial charge >= 0.3 is 12.2 Å². The summed E-state index contributed by atoms with van der Waals surface area (Å²) in [6, 6.07) is 8.65. The van der Waals surface area contributed by atoms with Crippen molar-refractivity contribution in [1.82, 2.24) is 30.6 Å². The third-order valence-corrected chi connectivity index (χ3v) is 7.55. The first kappa shape index (κ1) is 32.8. The topological polar surface area (TPSA) is 153 Å². The molecule has 246 valence electrons. The molecule has 3 N–H and O–H groups in total. The predicted octanol–water partition coefficient (Wildman–Crippen LogP) is 3.58. The van der Waals surface area contributed by atoms with E-state index >= 15 is 0 Å². The van der Waals surface area contributed by atoms with Crippen LogP contribution in [0.1, 0.15) is 47.3 Å². The van der Waals surface area contributed by atoms with E-state index in [9.17, 15) is 22.8 Å². The monoisotopic (exact) mass is 644 g/mol. The molecule has 0 bridgehead atoms. The molecule has 2 aliphatic rings. The van der Waals surface area contributed by atoms with Crippen molar-refractivity contribution in [1.29, 1.82) is 0 Å². The fraction of sp³-hybridized carbons (Fsp3) is 0.467. The van der Waals surface area contributed by atoms with E-state index in [1.54, 1.807) is 4.90 Å². The molecule has 1 aliphatic heterocycles. The molecule has 0 atom stereocenters. The second kappa shape index (κ2) is 15.1. The number of carbonyl (C=O) groups excluding carboxylic acids is 2. The average Bonchev–Trinajstić information content (AvgIpc) is 3.03. The van der Waals surface area contributed by atoms with Gasteiger partial charge in [0.2, 0.25) is 11.8 Å². The Hall–Kier alpha value is -4.57. The summed E-state index contributed by atoms with van der Waals surface area (Å²) in [5.74, 6) is -0.650. The number of nitrogens with one attached hydrogen (secondary N) is 3. The summed E-state index contributed by atoms with van der Waals surface area (Å²) in [6.45, 7) is 1.34. The Morgan fingerprint density at radius 3 is 2.39 bits per heavy atom. The molecule has 1 aliphatic carbocycles. The zero-order chi connectivity index (χ0) is 32.5. The summed E-state index contributed by atoms with van der Waals surface area (Å²) in [7, 11) is 1.53. The van der Waals surface area contributed by atoms with Crippen LogP contribution in [0.3, 0.4) is 0 Å². The van der Waals surface area contributed by atoms with Crippen LogP contribution in [0.5, 0.6) is 5.88 Å². The number of carbonyl (C=O) groups is 2. The fourth-order valence-electron chi connectivity index (χ4n) is 5.06. The van der Waals surface area contributed by atoms with Gasteiger partial charge in [-0.25, -0.2) is 19.7 Å². The molecule has 16 heteroatoms. The van der Waals surface area contributed by atoms with Gasteiger partial charge in [-0.2, -0.15) is 18.2 Å². The summed E-state index contributed by atoms with van der Waals surface area (Å²) >= 11 is 0. The second-order valence-corrected chi connectivity index (χ2v) is 10.9. The lowest BCUT2D eigenvalue weighted by atomic mass is 9.90. The molecule has 3 aromatic rings. The maximum atomic E-state index is 13.6. The summed E-state index contributed by atoms with van der Waals surface area (Å²) in [5.41, 5.74) is -0.0323. The molecule has 1 aromatic carbocycles. The molecule has 3 heterocycles. The number of anilines is 2. The van der Waals surface area contributed by atoms with Gasteiger partial charge in [-0.15, -0.1) is 0 Å². The van der Waals surface area contributed by atoms with Crippen LogP contribution in [-0.2, 0) is 22.2 Å². The predicted molar refractivity (Wildman–Crippen MR) is 159 cm³/mol. The van der Waals surface area contributed by atoms with Gasteiger partial charge in [-0.3, -0.25) is 9.69 Å². The van der Waals surface area contributed by atoms with Crippen molar-refractivity contribution in [2.45, 2.75) is 56.6 Å². The van der Waals surface area contributed by atoms with E-state index in [1.807, 2.05) is 30.3 Å². The maximum absolute atomic E-state index is 13.6. The van der Waals surface area contributed by atoms with E-state index in [1.165, 1.54) is 19.5 Å². The van der Waals surface area contributed by atoms with Gasteiger partial charge in [-0.05, 0) is 31.2 Å². The van der Waals surface area contributed by atoms with Gasteiger partial charge in [-0.1, -0.05) is 30.3 Å². The molecule has 3 amide bonds. The zero-order valence-corrected chi connectivity index (χ0v) is 25.1. The van der Waals surface area contributed by atoms with Crippen molar-refractivity contribution < 1.29 is 37.0 Å². The highest BCUT2D eigenvalue weighted by Gasteiger charge is 2.38. The molecular weight excluding hydrogens is 609 g/mol. The van der Waals surface area contributed by atoms with Crippen LogP contribution >= 0.6 is 0 Å². The van der Waals surface area contributed by atoms with Crippen molar-refractivity contribution in [3.8, 4) is 5.88 Å². The first-order valence-electron chi connectivity index (χ1n) is 14.9. The highest BCUT2D eigenvalue weighted by molar-refractivity contribution is 5.93. The smallest absolute Gasteiger partial charge is 0.423 e. The Morgan fingerprint density at radius 2 is 1.76 bits per heavy atom. The summed E-state index contributed by atoms with van der Waals surface area (Å²) in [6.07, 6.45) is 0.476. The number of urea groups is 1. The van der Waals surface area contributed by atoms with E-state index in [0.717, 1.165) is 11.8 Å². The minimum atomic E-state index is -4.67. The number of hydrogen-bond acceptors (Lipinski definition) is 10. The van der Waals surface area contributed by atoms with Crippen LogP contribution in [0.2, 0.25) is 0 Å². The lowest BCUT2D eigenvalue weighted by Gasteiger charge is -2.36. The minimum absolute atomic E-state index is 0.0226. The summed E-state index contributed by atoms with van der Waals surface area (Å²) in [4.78, 5) is 44.1. The van der Waals surface area contributed by atoms with Gasteiger partial charge in [0, 0.05) is 38.5 Å². The first-order chi connectivity index (χ1) is 22.2. The van der Waals surface area contributed by atoms with Gasteiger partial charge in [0.05, 0.1) is 32.2 Å². The average molecular weight is 645 g/mol. The lowest BCUT2D eigenvalue weighted by molar-refractivity contribution is -0.142. The lowest BCUT2D eigenvalue weighted by Crippen LogP contribution is -2.49. The van der Waals surface area contributed by atoms with Gasteiger partial charge in [0.1, 0.15) is 17.4 Å². The third kappa shape index (κ3) is 8.57. The van der Waals surface area contributed by atoms with Crippen molar-refractivity contribution in [3.05, 3.63) is 65.7 Å². The number of amides is 3. The van der Waals surface area contributed by atoms with E-state index in [4.69, 9.17) is 14.2 Å². The molecule has 1 saturated heterocycles. The second-order valence-electron chi connectivity index (χ2n) is 10.9.